The number of carbonyl (C=O) groups excluding carboxylic acids is 1. The number of benzene rings is 2. The molecular weight excluding hydrogens is 398 g/mol. The number of carbonyl (C=O) groups is 1. The van der Waals surface area contributed by atoms with E-state index in [1.165, 1.54) is 0 Å². The topological polar surface area (TPSA) is 63.7 Å². The zero-order valence-electron chi connectivity index (χ0n) is 17.8. The molecule has 0 bridgehead atoms. The van der Waals surface area contributed by atoms with Gasteiger partial charge in [0.2, 0.25) is 0 Å². The van der Waals surface area contributed by atoms with Crippen molar-refractivity contribution in [1.29, 1.82) is 0 Å². The van der Waals surface area contributed by atoms with Gasteiger partial charge in [-0.1, -0.05) is 48.5 Å². The van der Waals surface area contributed by atoms with Crippen molar-refractivity contribution in [3.8, 4) is 0 Å². The van der Waals surface area contributed by atoms with Gasteiger partial charge in [-0.2, -0.15) is 0 Å². The first-order valence-corrected chi connectivity index (χ1v) is 12.0. The van der Waals surface area contributed by atoms with E-state index < -0.39 is 14.6 Å². The highest BCUT2D eigenvalue weighted by molar-refractivity contribution is 7.92. The quantitative estimate of drug-likeness (QED) is 0.558. The maximum atomic E-state index is 13.0. The van der Waals surface area contributed by atoms with Gasteiger partial charge in [0, 0.05) is 0 Å². The molecular formula is C24H31NO4S. The van der Waals surface area contributed by atoms with E-state index in [4.69, 9.17) is 4.74 Å². The molecule has 0 aromatic heterocycles. The highest BCUT2D eigenvalue weighted by atomic mass is 32.2. The zero-order chi connectivity index (χ0) is 21.6. The van der Waals surface area contributed by atoms with Crippen LogP contribution in [0.25, 0.3) is 0 Å². The van der Waals surface area contributed by atoms with Gasteiger partial charge < -0.3 is 4.74 Å². The van der Waals surface area contributed by atoms with Gasteiger partial charge in [-0.25, -0.2) is 8.42 Å². The van der Waals surface area contributed by atoms with E-state index in [1.807, 2.05) is 36.4 Å². The van der Waals surface area contributed by atoms with Crippen LogP contribution in [0, 0.1) is 0 Å². The summed E-state index contributed by atoms with van der Waals surface area (Å²) in [5, 5.41) is 0. The Labute approximate surface area is 180 Å². The van der Waals surface area contributed by atoms with Gasteiger partial charge in [-0.05, 0) is 70.3 Å². The van der Waals surface area contributed by atoms with E-state index in [9.17, 15) is 13.2 Å². The Morgan fingerprint density at radius 3 is 2.37 bits per heavy atom. The average molecular weight is 430 g/mol. The van der Waals surface area contributed by atoms with Crippen molar-refractivity contribution in [3.63, 3.8) is 0 Å². The fourth-order valence-corrected chi connectivity index (χ4v) is 5.51. The molecule has 0 N–H and O–H groups in total. The van der Waals surface area contributed by atoms with Gasteiger partial charge in [-0.15, -0.1) is 0 Å². The average Bonchev–Trinajstić information content (AvgIpc) is 3.22. The summed E-state index contributed by atoms with van der Waals surface area (Å²) in [7, 11) is -3.41. The van der Waals surface area contributed by atoms with E-state index in [-0.39, 0.29) is 18.6 Å². The van der Waals surface area contributed by atoms with Crippen LogP contribution in [0.3, 0.4) is 0 Å². The largest absolute Gasteiger partial charge is 0.460 e. The summed E-state index contributed by atoms with van der Waals surface area (Å²) in [6, 6.07) is 18.0. The van der Waals surface area contributed by atoms with E-state index in [1.54, 1.807) is 38.1 Å². The molecule has 1 heterocycles. The molecule has 1 saturated heterocycles. The monoisotopic (exact) mass is 429 g/mol. The minimum atomic E-state index is -3.41. The van der Waals surface area contributed by atoms with E-state index in [0.29, 0.717) is 24.3 Å². The van der Waals surface area contributed by atoms with Crippen molar-refractivity contribution in [2.75, 3.05) is 13.1 Å². The zero-order valence-corrected chi connectivity index (χ0v) is 18.6. The van der Waals surface area contributed by atoms with Gasteiger partial charge in [0.25, 0.3) is 0 Å². The van der Waals surface area contributed by atoms with Gasteiger partial charge >= 0.3 is 5.97 Å². The number of ether oxygens (including phenoxy) is 1. The third-order valence-electron chi connectivity index (χ3n) is 5.86. The van der Waals surface area contributed by atoms with Crippen molar-refractivity contribution >= 4 is 15.8 Å². The summed E-state index contributed by atoms with van der Waals surface area (Å²) in [6.45, 7) is 5.39. The Hall–Kier alpha value is -2.18. The lowest BCUT2D eigenvalue weighted by Crippen LogP contribution is -2.39. The molecule has 0 spiro atoms. The lowest BCUT2D eigenvalue weighted by atomic mass is 10.1. The summed E-state index contributed by atoms with van der Waals surface area (Å²) in [6.07, 6.45) is 2.99. The molecule has 1 atom stereocenters. The lowest BCUT2D eigenvalue weighted by Gasteiger charge is -2.27. The maximum absolute atomic E-state index is 13.0. The molecule has 2 aromatic carbocycles. The molecule has 3 rings (SSSR count). The molecule has 0 radical (unpaired) electrons. The molecule has 1 aliphatic rings. The fourth-order valence-electron chi connectivity index (χ4n) is 3.95. The number of esters is 1. The van der Waals surface area contributed by atoms with Crippen molar-refractivity contribution in [2.45, 2.75) is 61.8 Å². The minimum Gasteiger partial charge on any atom is -0.460 e. The number of rotatable bonds is 9. The number of hydrogen-bond donors (Lipinski definition) is 0. The number of likely N-dealkylation sites (tertiary alicyclic amines) is 1. The normalized spacial score (nSPS) is 17.7. The Morgan fingerprint density at radius 2 is 1.70 bits per heavy atom. The molecule has 162 valence electrons. The number of nitrogens with zero attached hydrogens (tertiary/aromatic N) is 1. The summed E-state index contributed by atoms with van der Waals surface area (Å²) < 4.78 is 30.6. The van der Waals surface area contributed by atoms with E-state index in [0.717, 1.165) is 24.9 Å². The van der Waals surface area contributed by atoms with Gasteiger partial charge in [0.15, 0.2) is 9.84 Å². The number of hydrogen-bond acceptors (Lipinski definition) is 5. The first kappa shape index (κ1) is 22.5. The molecule has 1 fully saturated rings. The SMILES string of the molecule is CC(C)(CCCN1CCCC1C(=O)OCc1ccccc1)S(=O)(=O)c1ccccc1. The Balaban J connectivity index is 1.52. The van der Waals surface area contributed by atoms with Crippen LogP contribution in [-0.4, -0.2) is 43.2 Å². The van der Waals surface area contributed by atoms with Crippen LogP contribution in [0.4, 0.5) is 0 Å². The van der Waals surface area contributed by atoms with Crippen molar-refractivity contribution < 1.29 is 17.9 Å². The van der Waals surface area contributed by atoms with Crippen molar-refractivity contribution in [3.05, 3.63) is 66.2 Å². The Bertz CT molecular complexity index is 926. The first-order chi connectivity index (χ1) is 14.3. The second-order valence-corrected chi connectivity index (χ2v) is 11.1. The molecule has 0 aliphatic carbocycles. The first-order valence-electron chi connectivity index (χ1n) is 10.6. The van der Waals surface area contributed by atoms with Crippen LogP contribution < -0.4 is 0 Å². The fraction of sp³-hybridized carbons (Fsp3) is 0.458. The summed E-state index contributed by atoms with van der Waals surface area (Å²) in [5.41, 5.74) is 0.975. The Morgan fingerprint density at radius 1 is 1.07 bits per heavy atom. The van der Waals surface area contributed by atoms with Crippen LogP contribution in [0.1, 0.15) is 45.1 Å². The maximum Gasteiger partial charge on any atom is 0.323 e. The van der Waals surface area contributed by atoms with Crippen LogP contribution in [0.5, 0.6) is 0 Å². The second-order valence-electron chi connectivity index (χ2n) is 8.47. The van der Waals surface area contributed by atoms with Crippen molar-refractivity contribution in [1.82, 2.24) is 4.90 Å². The third kappa shape index (κ3) is 5.29. The summed E-state index contributed by atoms with van der Waals surface area (Å²) >= 11 is 0. The minimum absolute atomic E-state index is 0.187. The molecule has 5 nitrogen and oxygen atoms in total. The Kier molecular flexibility index (Phi) is 7.32. The molecule has 6 heteroatoms. The molecule has 0 saturated carbocycles. The predicted molar refractivity (Wildman–Crippen MR) is 118 cm³/mol. The second kappa shape index (κ2) is 9.75. The highest BCUT2D eigenvalue weighted by Gasteiger charge is 2.36. The van der Waals surface area contributed by atoms with Crippen LogP contribution in [0.15, 0.2) is 65.6 Å². The molecule has 0 amide bonds. The third-order valence-corrected chi connectivity index (χ3v) is 8.42. The lowest BCUT2D eigenvalue weighted by molar-refractivity contribution is -0.150. The smallest absolute Gasteiger partial charge is 0.323 e. The number of sulfone groups is 1. The predicted octanol–water partition coefficient (Wildman–Crippen LogP) is 4.23. The van der Waals surface area contributed by atoms with E-state index in [2.05, 4.69) is 4.90 Å². The van der Waals surface area contributed by atoms with Crippen LogP contribution >= 0.6 is 0 Å². The standard InChI is InChI=1S/C24H31NO4S/c1-24(2,30(27,28)21-13-7-4-8-14-21)16-10-18-25-17-9-15-22(25)23(26)29-19-20-11-5-3-6-12-20/h3-8,11-14,22H,9-10,15-19H2,1-2H3. The summed E-state index contributed by atoms with van der Waals surface area (Å²) in [5.74, 6) is -0.187. The van der Waals surface area contributed by atoms with Gasteiger partial charge in [0.1, 0.15) is 12.6 Å². The van der Waals surface area contributed by atoms with Crippen molar-refractivity contribution in [2.24, 2.45) is 0 Å². The molecule has 2 aromatic rings. The summed E-state index contributed by atoms with van der Waals surface area (Å²) in [4.78, 5) is 15.1. The van der Waals surface area contributed by atoms with Crippen LogP contribution in [0.2, 0.25) is 0 Å². The molecule has 1 aliphatic heterocycles. The van der Waals surface area contributed by atoms with Crippen LogP contribution in [-0.2, 0) is 26.0 Å². The van der Waals surface area contributed by atoms with E-state index >= 15 is 0 Å². The van der Waals surface area contributed by atoms with Gasteiger partial charge in [0.05, 0.1) is 9.64 Å². The highest BCUT2D eigenvalue weighted by Crippen LogP contribution is 2.30. The molecule has 1 unspecified atom stereocenters. The van der Waals surface area contributed by atoms with Gasteiger partial charge in [-0.3, -0.25) is 9.69 Å². The molecule has 30 heavy (non-hydrogen) atoms.